The highest BCUT2D eigenvalue weighted by Gasteiger charge is 2.04. The Kier molecular flexibility index (Phi) is 4.83. The van der Waals surface area contributed by atoms with Crippen LogP contribution in [-0.2, 0) is 11.2 Å². The Bertz CT molecular complexity index is 309. The van der Waals surface area contributed by atoms with E-state index >= 15 is 0 Å². The van der Waals surface area contributed by atoms with Crippen LogP contribution in [0.15, 0.2) is 6.07 Å². The molecule has 5 nitrogen and oxygen atoms in total. The Morgan fingerprint density at radius 2 is 2.47 bits per heavy atom. The minimum Gasteiger partial charge on any atom is -0.396 e. The fraction of sp³-hybridized carbons (Fsp3) is 0.600. The van der Waals surface area contributed by atoms with Gasteiger partial charge in [0.2, 0.25) is 5.91 Å². The summed E-state index contributed by atoms with van der Waals surface area (Å²) in [4.78, 5) is 11.3. The van der Waals surface area contributed by atoms with E-state index in [4.69, 9.17) is 5.11 Å². The minimum absolute atomic E-state index is 0.0368. The largest absolute Gasteiger partial charge is 0.396 e. The molecule has 0 aliphatic carbocycles. The van der Waals surface area contributed by atoms with Crippen LogP contribution in [0.4, 0.5) is 5.82 Å². The molecular weight excluding hydrogens is 194 g/mol. The molecule has 0 spiro atoms. The van der Waals surface area contributed by atoms with Gasteiger partial charge in [0.15, 0.2) is 5.82 Å². The lowest BCUT2D eigenvalue weighted by Crippen LogP contribution is -2.11. The van der Waals surface area contributed by atoms with E-state index in [-0.39, 0.29) is 12.5 Å². The summed E-state index contributed by atoms with van der Waals surface area (Å²) in [5.41, 5.74) is 1.02. The second kappa shape index (κ2) is 6.19. The van der Waals surface area contributed by atoms with Gasteiger partial charge in [-0.1, -0.05) is 13.3 Å². The fourth-order valence-corrected chi connectivity index (χ4v) is 1.27. The molecule has 0 aliphatic rings. The normalized spacial score (nSPS) is 10.3. The average molecular weight is 211 g/mol. The molecule has 1 heterocycles. The van der Waals surface area contributed by atoms with E-state index in [1.165, 1.54) is 0 Å². The van der Waals surface area contributed by atoms with E-state index in [1.54, 1.807) is 0 Å². The summed E-state index contributed by atoms with van der Waals surface area (Å²) >= 11 is 0. The zero-order valence-corrected chi connectivity index (χ0v) is 8.92. The van der Waals surface area contributed by atoms with E-state index in [1.807, 2.05) is 6.07 Å². The summed E-state index contributed by atoms with van der Waals surface area (Å²) < 4.78 is 0. The molecule has 0 atom stereocenters. The van der Waals surface area contributed by atoms with Gasteiger partial charge < -0.3 is 10.4 Å². The van der Waals surface area contributed by atoms with Crippen molar-refractivity contribution in [3.8, 4) is 0 Å². The van der Waals surface area contributed by atoms with Crippen LogP contribution in [-0.4, -0.2) is 27.8 Å². The number of aliphatic hydroxyl groups excluding tert-OH is 1. The zero-order chi connectivity index (χ0) is 11.1. The number of hydrogen-bond donors (Lipinski definition) is 3. The first kappa shape index (κ1) is 11.7. The lowest BCUT2D eigenvalue weighted by molar-refractivity contribution is -0.116. The summed E-state index contributed by atoms with van der Waals surface area (Å²) in [7, 11) is 0. The molecule has 3 N–H and O–H groups in total. The van der Waals surface area contributed by atoms with Crippen LogP contribution in [0.1, 0.15) is 31.9 Å². The van der Waals surface area contributed by atoms with Crippen molar-refractivity contribution in [2.24, 2.45) is 0 Å². The number of aliphatic hydroxyl groups is 1. The highest BCUT2D eigenvalue weighted by molar-refractivity contribution is 5.89. The first-order valence-corrected chi connectivity index (χ1v) is 5.21. The van der Waals surface area contributed by atoms with Gasteiger partial charge in [0, 0.05) is 24.8 Å². The summed E-state index contributed by atoms with van der Waals surface area (Å²) in [5.74, 6) is 0.444. The maximum absolute atomic E-state index is 11.3. The van der Waals surface area contributed by atoms with Crippen molar-refractivity contribution in [2.75, 3.05) is 11.9 Å². The molecule has 0 aliphatic heterocycles. The van der Waals surface area contributed by atoms with Crippen molar-refractivity contribution in [2.45, 2.75) is 32.6 Å². The van der Waals surface area contributed by atoms with E-state index in [9.17, 15) is 4.79 Å². The van der Waals surface area contributed by atoms with Crippen LogP contribution in [0.3, 0.4) is 0 Å². The maximum Gasteiger partial charge on any atom is 0.225 e. The van der Waals surface area contributed by atoms with Crippen LogP contribution >= 0.6 is 0 Å². The molecule has 1 aromatic rings. The fourth-order valence-electron chi connectivity index (χ4n) is 1.27. The number of nitrogens with zero attached hydrogens (tertiary/aromatic N) is 1. The number of amides is 1. The molecule has 0 saturated heterocycles. The van der Waals surface area contributed by atoms with Gasteiger partial charge in [-0.2, -0.15) is 5.10 Å². The number of carbonyl (C=O) groups is 1. The third-order valence-corrected chi connectivity index (χ3v) is 1.98. The topological polar surface area (TPSA) is 78.0 Å². The minimum atomic E-state index is -0.112. The van der Waals surface area contributed by atoms with Crippen LogP contribution in [0, 0.1) is 0 Å². The van der Waals surface area contributed by atoms with E-state index in [0.29, 0.717) is 18.7 Å². The Hall–Kier alpha value is -1.36. The molecule has 0 unspecified atom stereocenters. The van der Waals surface area contributed by atoms with Crippen molar-refractivity contribution in [3.63, 3.8) is 0 Å². The molecule has 0 aromatic carbocycles. The average Bonchev–Trinajstić information content (AvgIpc) is 2.63. The van der Waals surface area contributed by atoms with Gasteiger partial charge in [0.25, 0.3) is 0 Å². The Morgan fingerprint density at radius 1 is 1.67 bits per heavy atom. The van der Waals surface area contributed by atoms with Crippen molar-refractivity contribution >= 4 is 11.7 Å². The smallest absolute Gasteiger partial charge is 0.225 e. The quantitative estimate of drug-likeness (QED) is 0.658. The number of H-pyrrole nitrogens is 1. The van der Waals surface area contributed by atoms with Crippen molar-refractivity contribution < 1.29 is 9.90 Å². The number of rotatable bonds is 6. The number of anilines is 1. The maximum atomic E-state index is 11.3. The van der Waals surface area contributed by atoms with Gasteiger partial charge in [-0.05, 0) is 12.8 Å². The van der Waals surface area contributed by atoms with E-state index in [2.05, 4.69) is 22.4 Å². The molecule has 0 radical (unpaired) electrons. The number of nitrogens with one attached hydrogen (secondary N) is 2. The van der Waals surface area contributed by atoms with Crippen LogP contribution in [0.25, 0.3) is 0 Å². The van der Waals surface area contributed by atoms with E-state index < -0.39 is 0 Å². The molecule has 84 valence electrons. The number of aromatic nitrogens is 2. The molecule has 0 fully saturated rings. The second-order valence-electron chi connectivity index (χ2n) is 3.40. The van der Waals surface area contributed by atoms with Gasteiger partial charge in [0.05, 0.1) is 0 Å². The van der Waals surface area contributed by atoms with Crippen molar-refractivity contribution in [1.29, 1.82) is 0 Å². The third kappa shape index (κ3) is 4.12. The lowest BCUT2D eigenvalue weighted by Gasteiger charge is -1.98. The number of aromatic amines is 1. The predicted molar refractivity (Wildman–Crippen MR) is 57.5 cm³/mol. The highest BCUT2D eigenvalue weighted by Crippen LogP contribution is 2.07. The molecule has 0 saturated carbocycles. The van der Waals surface area contributed by atoms with Gasteiger partial charge in [-0.3, -0.25) is 9.89 Å². The van der Waals surface area contributed by atoms with Crippen LogP contribution < -0.4 is 5.32 Å². The Morgan fingerprint density at radius 3 is 3.13 bits per heavy atom. The molecule has 15 heavy (non-hydrogen) atoms. The van der Waals surface area contributed by atoms with E-state index in [0.717, 1.165) is 18.5 Å². The van der Waals surface area contributed by atoms with Crippen LogP contribution in [0.5, 0.6) is 0 Å². The number of aryl methyl sites for hydroxylation is 1. The van der Waals surface area contributed by atoms with Crippen molar-refractivity contribution in [1.82, 2.24) is 10.2 Å². The first-order chi connectivity index (χ1) is 7.26. The summed E-state index contributed by atoms with van der Waals surface area (Å²) in [6.07, 6.45) is 2.78. The van der Waals surface area contributed by atoms with Crippen LogP contribution in [0.2, 0.25) is 0 Å². The first-order valence-electron chi connectivity index (χ1n) is 5.21. The van der Waals surface area contributed by atoms with Gasteiger partial charge in [-0.25, -0.2) is 0 Å². The second-order valence-corrected chi connectivity index (χ2v) is 3.40. The zero-order valence-electron chi connectivity index (χ0n) is 8.92. The predicted octanol–water partition coefficient (Wildman–Crippen LogP) is 1.07. The summed E-state index contributed by atoms with van der Waals surface area (Å²) in [6.45, 7) is 2.12. The molecule has 1 aromatic heterocycles. The third-order valence-electron chi connectivity index (χ3n) is 1.98. The number of carbonyl (C=O) groups excluding carboxylic acids is 1. The lowest BCUT2D eigenvalue weighted by atomic mass is 10.2. The Balaban J connectivity index is 2.39. The van der Waals surface area contributed by atoms with Gasteiger partial charge in [0.1, 0.15) is 0 Å². The molecule has 5 heteroatoms. The SMILES string of the molecule is CCCc1cc(NC(=O)CCCO)n[nH]1. The molecule has 1 rings (SSSR count). The summed E-state index contributed by atoms with van der Waals surface area (Å²) in [6, 6.07) is 1.83. The van der Waals surface area contributed by atoms with Crippen molar-refractivity contribution in [3.05, 3.63) is 11.8 Å². The standard InChI is InChI=1S/C10H17N3O2/c1-2-4-8-7-9(13-12-8)11-10(15)5-3-6-14/h7,14H,2-6H2,1H3,(H2,11,12,13,15). The monoisotopic (exact) mass is 211 g/mol. The molecule has 1 amide bonds. The van der Waals surface area contributed by atoms with Gasteiger partial charge in [-0.15, -0.1) is 0 Å². The highest BCUT2D eigenvalue weighted by atomic mass is 16.3. The Labute approximate surface area is 88.9 Å². The molecule has 0 bridgehead atoms. The summed E-state index contributed by atoms with van der Waals surface area (Å²) in [5, 5.41) is 18.0. The number of hydrogen-bond acceptors (Lipinski definition) is 3. The molecular formula is C10H17N3O2. The van der Waals surface area contributed by atoms with Gasteiger partial charge >= 0.3 is 0 Å².